The van der Waals surface area contributed by atoms with Gasteiger partial charge < -0.3 is 10.3 Å². The zero-order valence-corrected chi connectivity index (χ0v) is 7.14. The predicted molar refractivity (Wildman–Crippen MR) is 45.4 cm³/mol. The molecule has 0 spiro atoms. The summed E-state index contributed by atoms with van der Waals surface area (Å²) in [5, 5.41) is 3.55. The van der Waals surface area contributed by atoms with Gasteiger partial charge in [-0.15, -0.1) is 0 Å². The Morgan fingerprint density at radius 2 is 2.36 bits per heavy atom. The molecular formula is C8H7FN4O. The quantitative estimate of drug-likeness (QED) is 0.762. The van der Waals surface area contributed by atoms with E-state index < -0.39 is 5.82 Å². The normalized spacial score (nSPS) is 10.4. The minimum Gasteiger partial charge on any atom is -0.334 e. The van der Waals surface area contributed by atoms with E-state index in [1.807, 2.05) is 0 Å². The van der Waals surface area contributed by atoms with E-state index in [-0.39, 0.29) is 18.0 Å². The second kappa shape index (κ2) is 3.51. The van der Waals surface area contributed by atoms with E-state index in [0.29, 0.717) is 5.82 Å². The molecule has 0 aromatic carbocycles. The molecule has 0 saturated carbocycles. The number of rotatable bonds is 2. The van der Waals surface area contributed by atoms with Crippen LogP contribution >= 0.6 is 0 Å². The summed E-state index contributed by atoms with van der Waals surface area (Å²) >= 11 is 0. The van der Waals surface area contributed by atoms with Gasteiger partial charge in [0.2, 0.25) is 0 Å². The lowest BCUT2D eigenvalue weighted by molar-refractivity contribution is 0.420. The number of nitrogens with zero attached hydrogens (tertiary/aromatic N) is 3. The Kier molecular flexibility index (Phi) is 2.19. The van der Waals surface area contributed by atoms with Crippen molar-refractivity contribution in [1.29, 1.82) is 0 Å². The van der Waals surface area contributed by atoms with E-state index in [0.717, 1.165) is 6.20 Å². The summed E-state index contributed by atoms with van der Waals surface area (Å²) in [7, 11) is 0. The molecule has 0 saturated heterocycles. The van der Waals surface area contributed by atoms with Gasteiger partial charge in [-0.3, -0.25) is 4.98 Å². The van der Waals surface area contributed by atoms with Crippen molar-refractivity contribution in [3.05, 3.63) is 30.1 Å². The molecule has 2 aromatic rings. The van der Waals surface area contributed by atoms with Crippen LogP contribution in [0.1, 0.15) is 5.82 Å². The Labute approximate surface area is 78.8 Å². The summed E-state index contributed by atoms with van der Waals surface area (Å²) in [6.07, 6.45) is 2.53. The molecular weight excluding hydrogens is 187 g/mol. The molecule has 0 amide bonds. The second-order valence-corrected chi connectivity index (χ2v) is 2.58. The van der Waals surface area contributed by atoms with E-state index in [1.165, 1.54) is 12.3 Å². The van der Waals surface area contributed by atoms with Crippen molar-refractivity contribution in [3.8, 4) is 11.5 Å². The van der Waals surface area contributed by atoms with Crippen molar-refractivity contribution in [2.45, 2.75) is 6.54 Å². The van der Waals surface area contributed by atoms with Crippen molar-refractivity contribution >= 4 is 0 Å². The van der Waals surface area contributed by atoms with Crippen LogP contribution < -0.4 is 5.73 Å². The Hall–Kier alpha value is -1.82. The van der Waals surface area contributed by atoms with Gasteiger partial charge in [0.1, 0.15) is 0 Å². The minimum atomic E-state index is -0.500. The van der Waals surface area contributed by atoms with E-state index in [4.69, 9.17) is 10.3 Å². The van der Waals surface area contributed by atoms with Crippen molar-refractivity contribution in [3.63, 3.8) is 0 Å². The molecule has 2 aromatic heterocycles. The van der Waals surface area contributed by atoms with Gasteiger partial charge in [-0.1, -0.05) is 5.16 Å². The molecule has 0 fully saturated rings. The lowest BCUT2D eigenvalue weighted by Gasteiger charge is -1.93. The van der Waals surface area contributed by atoms with E-state index in [9.17, 15) is 4.39 Å². The first kappa shape index (κ1) is 8.76. The summed E-state index contributed by atoms with van der Waals surface area (Å²) < 4.78 is 18.0. The first-order chi connectivity index (χ1) is 6.81. The van der Waals surface area contributed by atoms with Gasteiger partial charge in [0.05, 0.1) is 18.3 Å². The highest BCUT2D eigenvalue weighted by Crippen LogP contribution is 2.19. The molecule has 0 atom stereocenters. The molecule has 0 unspecified atom stereocenters. The number of nitrogens with two attached hydrogens (primary N) is 1. The maximum Gasteiger partial charge on any atom is 0.261 e. The van der Waals surface area contributed by atoms with Gasteiger partial charge in [-0.2, -0.15) is 4.98 Å². The third kappa shape index (κ3) is 1.47. The Morgan fingerprint density at radius 1 is 1.50 bits per heavy atom. The topological polar surface area (TPSA) is 77.8 Å². The van der Waals surface area contributed by atoms with Crippen LogP contribution in [-0.4, -0.2) is 15.1 Å². The highest BCUT2D eigenvalue weighted by atomic mass is 19.1. The zero-order valence-electron chi connectivity index (χ0n) is 7.14. The minimum absolute atomic E-state index is 0.116. The van der Waals surface area contributed by atoms with Crippen LogP contribution in [-0.2, 0) is 6.54 Å². The monoisotopic (exact) mass is 194 g/mol. The maximum absolute atomic E-state index is 13.2. The summed E-state index contributed by atoms with van der Waals surface area (Å²) in [4.78, 5) is 7.50. The van der Waals surface area contributed by atoms with Crippen molar-refractivity contribution in [2.75, 3.05) is 0 Å². The summed E-state index contributed by atoms with van der Waals surface area (Å²) in [5.41, 5.74) is 5.52. The van der Waals surface area contributed by atoms with Gasteiger partial charge in [0.25, 0.3) is 5.89 Å². The largest absolute Gasteiger partial charge is 0.334 e. The fraction of sp³-hybridized carbons (Fsp3) is 0.125. The lowest BCUT2D eigenvalue weighted by Crippen LogP contribution is -1.97. The number of pyridine rings is 1. The molecule has 5 nitrogen and oxygen atoms in total. The highest BCUT2D eigenvalue weighted by Gasteiger charge is 2.11. The summed E-state index contributed by atoms with van der Waals surface area (Å²) in [5.74, 6) is -0.0405. The van der Waals surface area contributed by atoms with Crippen LogP contribution in [0.5, 0.6) is 0 Å². The van der Waals surface area contributed by atoms with Crippen LogP contribution in [0.4, 0.5) is 4.39 Å². The lowest BCUT2D eigenvalue weighted by atomic mass is 10.2. The molecule has 0 aliphatic heterocycles. The molecule has 72 valence electrons. The molecule has 2 heterocycles. The third-order valence-corrected chi connectivity index (χ3v) is 1.65. The Bertz CT molecular complexity index is 442. The van der Waals surface area contributed by atoms with Crippen molar-refractivity contribution < 1.29 is 8.91 Å². The van der Waals surface area contributed by atoms with E-state index in [1.54, 1.807) is 0 Å². The number of halogens is 1. The smallest absolute Gasteiger partial charge is 0.261 e. The Morgan fingerprint density at radius 3 is 3.00 bits per heavy atom. The van der Waals surface area contributed by atoms with Gasteiger partial charge in [0, 0.05) is 6.20 Å². The SMILES string of the molecule is NCc1noc(-c2ccncc2F)n1. The molecule has 0 aliphatic rings. The van der Waals surface area contributed by atoms with Crippen LogP contribution in [0.3, 0.4) is 0 Å². The standard InChI is InChI=1S/C8H7FN4O/c9-6-4-11-2-1-5(6)8-12-7(3-10)13-14-8/h1-2,4H,3,10H2. The van der Waals surface area contributed by atoms with Crippen LogP contribution in [0.25, 0.3) is 11.5 Å². The first-order valence-electron chi connectivity index (χ1n) is 3.94. The molecule has 0 aliphatic carbocycles. The average Bonchev–Trinajstić information content (AvgIpc) is 2.67. The number of aromatic nitrogens is 3. The molecule has 2 rings (SSSR count). The number of hydrogen-bond donors (Lipinski definition) is 1. The molecule has 0 radical (unpaired) electrons. The van der Waals surface area contributed by atoms with Crippen molar-refractivity contribution in [2.24, 2.45) is 5.73 Å². The van der Waals surface area contributed by atoms with Crippen molar-refractivity contribution in [1.82, 2.24) is 15.1 Å². The van der Waals surface area contributed by atoms with Crippen LogP contribution in [0.2, 0.25) is 0 Å². The zero-order chi connectivity index (χ0) is 9.97. The molecule has 2 N–H and O–H groups in total. The fourth-order valence-corrected chi connectivity index (χ4v) is 0.995. The Balaban J connectivity index is 2.44. The second-order valence-electron chi connectivity index (χ2n) is 2.58. The molecule has 6 heteroatoms. The van der Waals surface area contributed by atoms with Gasteiger partial charge >= 0.3 is 0 Å². The molecule has 0 bridgehead atoms. The maximum atomic E-state index is 13.2. The predicted octanol–water partition coefficient (Wildman–Crippen LogP) is 0.729. The van der Waals surface area contributed by atoms with Crippen LogP contribution in [0.15, 0.2) is 23.0 Å². The summed E-state index contributed by atoms with van der Waals surface area (Å²) in [6, 6.07) is 1.46. The first-order valence-corrected chi connectivity index (χ1v) is 3.94. The average molecular weight is 194 g/mol. The van der Waals surface area contributed by atoms with E-state index in [2.05, 4.69) is 15.1 Å². The van der Waals surface area contributed by atoms with Gasteiger partial charge in [-0.05, 0) is 6.07 Å². The van der Waals surface area contributed by atoms with Crippen LogP contribution in [0, 0.1) is 5.82 Å². The molecule has 14 heavy (non-hydrogen) atoms. The van der Waals surface area contributed by atoms with Gasteiger partial charge in [-0.25, -0.2) is 4.39 Å². The fourth-order valence-electron chi connectivity index (χ4n) is 0.995. The van der Waals surface area contributed by atoms with Gasteiger partial charge in [0.15, 0.2) is 11.6 Å². The third-order valence-electron chi connectivity index (χ3n) is 1.65. The highest BCUT2D eigenvalue weighted by molar-refractivity contribution is 5.52. The number of hydrogen-bond acceptors (Lipinski definition) is 5. The van der Waals surface area contributed by atoms with E-state index >= 15 is 0 Å². The summed E-state index contributed by atoms with van der Waals surface area (Å²) in [6.45, 7) is 0.163.